The lowest BCUT2D eigenvalue weighted by molar-refractivity contribution is 0.0172. The van der Waals surface area contributed by atoms with E-state index >= 15 is 0 Å². The Balaban J connectivity index is 2.08. The van der Waals surface area contributed by atoms with Crippen LogP contribution in [-0.4, -0.2) is 40.5 Å². The fraction of sp³-hybridized carbons (Fsp3) is 0.562. The Morgan fingerprint density at radius 1 is 1.26 bits per heavy atom. The van der Waals surface area contributed by atoms with Crippen molar-refractivity contribution in [1.82, 2.24) is 9.88 Å². The molecule has 0 aromatic carbocycles. The predicted molar refractivity (Wildman–Crippen MR) is 89.1 cm³/mol. The maximum absolute atomic E-state index is 12.6. The normalized spacial score (nSPS) is 18.7. The fourth-order valence-corrected chi connectivity index (χ4v) is 2.99. The van der Waals surface area contributed by atoms with Crippen LogP contribution >= 0.6 is 23.2 Å². The first-order valence-electron chi connectivity index (χ1n) is 7.51. The number of carbonyl (C=O) groups excluding carboxylic acids is 2. The van der Waals surface area contributed by atoms with Gasteiger partial charge in [0.2, 0.25) is 0 Å². The SMILES string of the molecule is CC(C)(C)OC(=O)N1CCCC(C(=O)c2cc(Cl)nc(Cl)c2)C1. The third kappa shape index (κ3) is 5.08. The summed E-state index contributed by atoms with van der Waals surface area (Å²) in [5.74, 6) is -0.365. The first-order valence-corrected chi connectivity index (χ1v) is 8.26. The fourth-order valence-electron chi connectivity index (χ4n) is 2.53. The van der Waals surface area contributed by atoms with Crippen molar-refractivity contribution in [3.8, 4) is 0 Å². The summed E-state index contributed by atoms with van der Waals surface area (Å²) in [6.07, 6.45) is 1.08. The van der Waals surface area contributed by atoms with Gasteiger partial charge in [-0.25, -0.2) is 9.78 Å². The minimum absolute atomic E-state index is 0.0792. The van der Waals surface area contributed by atoms with Crippen LogP contribution in [0.15, 0.2) is 12.1 Å². The van der Waals surface area contributed by atoms with E-state index in [-0.39, 0.29) is 28.1 Å². The molecule has 0 spiro atoms. The molecular weight excluding hydrogens is 339 g/mol. The van der Waals surface area contributed by atoms with Crippen molar-refractivity contribution < 1.29 is 14.3 Å². The van der Waals surface area contributed by atoms with Gasteiger partial charge < -0.3 is 9.64 Å². The predicted octanol–water partition coefficient (Wildman–Crippen LogP) is 4.22. The Morgan fingerprint density at radius 2 is 1.87 bits per heavy atom. The van der Waals surface area contributed by atoms with E-state index in [9.17, 15) is 9.59 Å². The number of hydrogen-bond donors (Lipinski definition) is 0. The molecular formula is C16H20Cl2N2O3. The molecule has 0 saturated carbocycles. The van der Waals surface area contributed by atoms with Crippen LogP contribution in [-0.2, 0) is 4.74 Å². The average molecular weight is 359 g/mol. The Labute approximate surface area is 145 Å². The third-order valence-electron chi connectivity index (χ3n) is 3.49. The summed E-state index contributed by atoms with van der Waals surface area (Å²) >= 11 is 11.7. The number of likely N-dealkylation sites (tertiary alicyclic amines) is 1. The molecule has 126 valence electrons. The van der Waals surface area contributed by atoms with Gasteiger partial charge in [0.15, 0.2) is 5.78 Å². The van der Waals surface area contributed by atoms with E-state index in [1.54, 1.807) is 4.90 Å². The first-order chi connectivity index (χ1) is 10.7. The van der Waals surface area contributed by atoms with Crippen LogP contribution < -0.4 is 0 Å². The van der Waals surface area contributed by atoms with Crippen molar-refractivity contribution in [3.63, 3.8) is 0 Å². The zero-order valence-electron chi connectivity index (χ0n) is 13.4. The van der Waals surface area contributed by atoms with E-state index in [4.69, 9.17) is 27.9 Å². The second kappa shape index (κ2) is 7.05. The highest BCUT2D eigenvalue weighted by atomic mass is 35.5. The van der Waals surface area contributed by atoms with Gasteiger partial charge in [0.05, 0.1) is 0 Å². The summed E-state index contributed by atoms with van der Waals surface area (Å²) < 4.78 is 5.37. The van der Waals surface area contributed by atoms with Gasteiger partial charge in [-0.3, -0.25) is 4.79 Å². The number of rotatable bonds is 2. The Morgan fingerprint density at radius 3 is 2.43 bits per heavy atom. The van der Waals surface area contributed by atoms with Gasteiger partial charge in [-0.15, -0.1) is 0 Å². The molecule has 1 saturated heterocycles. The second-order valence-corrected chi connectivity index (χ2v) is 7.41. The van der Waals surface area contributed by atoms with Crippen molar-refractivity contribution in [1.29, 1.82) is 0 Å². The lowest BCUT2D eigenvalue weighted by Crippen LogP contribution is -2.44. The molecule has 23 heavy (non-hydrogen) atoms. The molecule has 1 aromatic rings. The van der Waals surface area contributed by atoms with Crippen molar-refractivity contribution >= 4 is 35.1 Å². The highest BCUT2D eigenvalue weighted by molar-refractivity contribution is 6.33. The number of ether oxygens (including phenoxy) is 1. The zero-order valence-corrected chi connectivity index (χ0v) is 14.9. The maximum Gasteiger partial charge on any atom is 0.410 e. The molecule has 1 aliphatic heterocycles. The molecule has 1 atom stereocenters. The van der Waals surface area contributed by atoms with Crippen LogP contribution in [0.25, 0.3) is 0 Å². The third-order valence-corrected chi connectivity index (χ3v) is 3.88. The topological polar surface area (TPSA) is 59.5 Å². The summed E-state index contributed by atoms with van der Waals surface area (Å²) in [5, 5.41) is 0.362. The highest BCUT2D eigenvalue weighted by Gasteiger charge is 2.31. The number of pyridine rings is 1. The minimum Gasteiger partial charge on any atom is -0.444 e. The molecule has 2 heterocycles. The first kappa shape index (κ1) is 18.0. The van der Waals surface area contributed by atoms with Crippen LogP contribution in [0.2, 0.25) is 10.3 Å². The lowest BCUT2D eigenvalue weighted by atomic mass is 9.90. The number of nitrogens with zero attached hydrogens (tertiary/aromatic N) is 2. The number of ketones is 1. The smallest absolute Gasteiger partial charge is 0.410 e. The Kier molecular flexibility index (Phi) is 5.53. The Bertz CT molecular complexity index is 594. The molecule has 0 bridgehead atoms. The van der Waals surface area contributed by atoms with E-state index in [1.165, 1.54) is 12.1 Å². The standard InChI is InChI=1S/C16H20Cl2N2O3/c1-16(2,3)23-15(22)20-6-4-5-10(9-20)14(21)11-7-12(17)19-13(18)8-11/h7-8,10H,4-6,9H2,1-3H3. The van der Waals surface area contributed by atoms with Crippen molar-refractivity contribution in [3.05, 3.63) is 28.0 Å². The van der Waals surface area contributed by atoms with Crippen LogP contribution in [0.1, 0.15) is 44.0 Å². The number of amides is 1. The average Bonchev–Trinajstić information content (AvgIpc) is 2.44. The largest absolute Gasteiger partial charge is 0.444 e. The quantitative estimate of drug-likeness (QED) is 0.586. The summed E-state index contributed by atoms with van der Waals surface area (Å²) in [4.78, 5) is 30.2. The van der Waals surface area contributed by atoms with Crippen LogP contribution in [0.5, 0.6) is 0 Å². The molecule has 1 aliphatic rings. The molecule has 1 aromatic heterocycles. The molecule has 7 heteroatoms. The Hall–Kier alpha value is -1.33. The summed E-state index contributed by atoms with van der Waals surface area (Å²) in [7, 11) is 0. The summed E-state index contributed by atoms with van der Waals surface area (Å²) in [6.45, 7) is 6.39. The van der Waals surface area contributed by atoms with E-state index in [0.717, 1.165) is 12.8 Å². The molecule has 0 radical (unpaired) electrons. The van der Waals surface area contributed by atoms with Gasteiger partial charge in [0.25, 0.3) is 0 Å². The van der Waals surface area contributed by atoms with E-state index < -0.39 is 5.60 Å². The van der Waals surface area contributed by atoms with Crippen molar-refractivity contribution in [2.45, 2.75) is 39.2 Å². The van der Waals surface area contributed by atoms with E-state index in [1.807, 2.05) is 20.8 Å². The second-order valence-electron chi connectivity index (χ2n) is 6.63. The molecule has 0 N–H and O–H groups in total. The van der Waals surface area contributed by atoms with Gasteiger partial charge in [-0.05, 0) is 45.7 Å². The zero-order chi connectivity index (χ0) is 17.2. The van der Waals surface area contributed by atoms with Gasteiger partial charge in [0, 0.05) is 24.6 Å². The number of aromatic nitrogens is 1. The van der Waals surface area contributed by atoms with Gasteiger partial charge in [0.1, 0.15) is 15.9 Å². The van der Waals surface area contributed by atoms with E-state index in [2.05, 4.69) is 4.98 Å². The van der Waals surface area contributed by atoms with E-state index in [0.29, 0.717) is 18.7 Å². The number of hydrogen-bond acceptors (Lipinski definition) is 4. The molecule has 1 fully saturated rings. The minimum atomic E-state index is -0.555. The van der Waals surface area contributed by atoms with Crippen LogP contribution in [0, 0.1) is 5.92 Å². The number of halogens is 2. The van der Waals surface area contributed by atoms with Crippen LogP contribution in [0.4, 0.5) is 4.79 Å². The molecule has 5 nitrogen and oxygen atoms in total. The van der Waals surface area contributed by atoms with Crippen molar-refractivity contribution in [2.75, 3.05) is 13.1 Å². The monoisotopic (exact) mass is 358 g/mol. The summed E-state index contributed by atoms with van der Waals surface area (Å²) in [6, 6.07) is 3.00. The molecule has 2 rings (SSSR count). The van der Waals surface area contributed by atoms with Gasteiger partial charge in [-0.2, -0.15) is 0 Å². The summed E-state index contributed by atoms with van der Waals surface area (Å²) in [5.41, 5.74) is -0.133. The number of piperidine rings is 1. The van der Waals surface area contributed by atoms with Gasteiger partial charge in [-0.1, -0.05) is 23.2 Å². The lowest BCUT2D eigenvalue weighted by Gasteiger charge is -2.33. The number of Topliss-reactive ketones (excluding diaryl/α,β-unsaturated/α-hetero) is 1. The van der Waals surface area contributed by atoms with Crippen LogP contribution in [0.3, 0.4) is 0 Å². The van der Waals surface area contributed by atoms with Gasteiger partial charge >= 0.3 is 6.09 Å². The molecule has 0 aliphatic carbocycles. The highest BCUT2D eigenvalue weighted by Crippen LogP contribution is 2.24. The molecule has 1 unspecified atom stereocenters. The number of carbonyl (C=O) groups is 2. The maximum atomic E-state index is 12.6. The van der Waals surface area contributed by atoms with Crippen molar-refractivity contribution in [2.24, 2.45) is 5.92 Å². The molecule has 1 amide bonds.